The van der Waals surface area contributed by atoms with Crippen LogP contribution in [0.3, 0.4) is 0 Å². The van der Waals surface area contributed by atoms with Crippen LogP contribution in [0.5, 0.6) is 0 Å². The number of alkyl halides is 3. The second-order valence-corrected chi connectivity index (χ2v) is 7.75. The van der Waals surface area contributed by atoms with Crippen molar-refractivity contribution in [1.29, 1.82) is 0 Å². The summed E-state index contributed by atoms with van der Waals surface area (Å²) in [6.07, 6.45) is 1.39. The number of nitrogens with one attached hydrogen (secondary N) is 2. The van der Waals surface area contributed by atoms with Gasteiger partial charge in [-0.3, -0.25) is 9.89 Å². The summed E-state index contributed by atoms with van der Waals surface area (Å²) in [6, 6.07) is 0. The Labute approximate surface area is 157 Å². The standard InChI is InChI=1S/C17H28F3N5S/c1-3-14-10-23-15(26-14)11-24-16(21-2)22-7-4-13-5-8-25(9-6-13)12-17(18,19)20/h10,13H,3-9,11-12H2,1-2H3,(H2,21,22,24). The maximum Gasteiger partial charge on any atom is 0.401 e. The molecule has 1 aromatic heterocycles. The average Bonchev–Trinajstić information content (AvgIpc) is 3.06. The number of thiazole rings is 1. The van der Waals surface area contributed by atoms with Crippen molar-refractivity contribution >= 4 is 17.3 Å². The predicted octanol–water partition coefficient (Wildman–Crippen LogP) is 3.03. The van der Waals surface area contributed by atoms with Gasteiger partial charge in [0.05, 0.1) is 13.1 Å². The molecule has 1 aliphatic heterocycles. The first-order valence-corrected chi connectivity index (χ1v) is 9.88. The van der Waals surface area contributed by atoms with Gasteiger partial charge in [-0.1, -0.05) is 6.92 Å². The van der Waals surface area contributed by atoms with Gasteiger partial charge in [0.25, 0.3) is 0 Å². The van der Waals surface area contributed by atoms with Crippen molar-refractivity contribution in [2.45, 2.75) is 45.3 Å². The minimum atomic E-state index is -4.10. The number of rotatable bonds is 7. The molecular weight excluding hydrogens is 363 g/mol. The SMILES string of the molecule is CCc1cnc(CNC(=NC)NCCC2CCN(CC(F)(F)F)CC2)s1. The van der Waals surface area contributed by atoms with Crippen LogP contribution in [0, 0.1) is 5.92 Å². The Morgan fingerprint density at radius 2 is 2.08 bits per heavy atom. The lowest BCUT2D eigenvalue weighted by Gasteiger charge is -2.32. The van der Waals surface area contributed by atoms with Gasteiger partial charge in [0.2, 0.25) is 0 Å². The van der Waals surface area contributed by atoms with Gasteiger partial charge < -0.3 is 10.6 Å². The summed E-state index contributed by atoms with van der Waals surface area (Å²) in [5, 5.41) is 7.56. The molecule has 1 aliphatic rings. The lowest BCUT2D eigenvalue weighted by molar-refractivity contribution is -0.148. The monoisotopic (exact) mass is 391 g/mol. The van der Waals surface area contributed by atoms with Crippen molar-refractivity contribution in [2.24, 2.45) is 10.9 Å². The van der Waals surface area contributed by atoms with E-state index in [-0.39, 0.29) is 0 Å². The highest BCUT2D eigenvalue weighted by atomic mass is 32.1. The predicted molar refractivity (Wildman–Crippen MR) is 99.5 cm³/mol. The number of likely N-dealkylation sites (tertiary alicyclic amines) is 1. The summed E-state index contributed by atoms with van der Waals surface area (Å²) >= 11 is 1.69. The number of guanidine groups is 1. The first-order valence-electron chi connectivity index (χ1n) is 9.06. The number of aliphatic imine (C=N–C) groups is 1. The van der Waals surface area contributed by atoms with E-state index in [1.807, 2.05) is 6.20 Å². The quantitative estimate of drug-likeness (QED) is 0.554. The van der Waals surface area contributed by atoms with E-state index >= 15 is 0 Å². The van der Waals surface area contributed by atoms with Crippen LogP contribution in [0.4, 0.5) is 13.2 Å². The molecule has 2 rings (SSSR count). The van der Waals surface area contributed by atoms with Crippen molar-refractivity contribution in [3.8, 4) is 0 Å². The fourth-order valence-electron chi connectivity index (χ4n) is 3.05. The Hall–Kier alpha value is -1.35. The summed E-state index contributed by atoms with van der Waals surface area (Å²) in [6.45, 7) is 3.79. The second-order valence-electron chi connectivity index (χ2n) is 6.55. The van der Waals surface area contributed by atoms with Gasteiger partial charge in [-0.2, -0.15) is 13.2 Å². The second kappa shape index (κ2) is 10.1. The Balaban J connectivity index is 1.62. The van der Waals surface area contributed by atoms with Crippen LogP contribution in [0.15, 0.2) is 11.2 Å². The summed E-state index contributed by atoms with van der Waals surface area (Å²) < 4.78 is 37.2. The molecule has 1 fully saturated rings. The fourth-order valence-corrected chi connectivity index (χ4v) is 3.86. The van der Waals surface area contributed by atoms with E-state index in [2.05, 4.69) is 27.5 Å². The maximum atomic E-state index is 12.4. The summed E-state index contributed by atoms with van der Waals surface area (Å²) in [5.74, 6) is 1.20. The Kier molecular flexibility index (Phi) is 8.15. The van der Waals surface area contributed by atoms with Crippen molar-refractivity contribution in [2.75, 3.05) is 33.2 Å². The zero-order chi connectivity index (χ0) is 19.0. The van der Waals surface area contributed by atoms with Crippen LogP contribution >= 0.6 is 11.3 Å². The molecule has 1 aromatic rings. The smallest absolute Gasteiger partial charge is 0.356 e. The summed E-state index contributed by atoms with van der Waals surface area (Å²) in [5.41, 5.74) is 0. The van der Waals surface area contributed by atoms with E-state index in [1.165, 1.54) is 9.78 Å². The molecule has 26 heavy (non-hydrogen) atoms. The number of nitrogens with zero attached hydrogens (tertiary/aromatic N) is 3. The van der Waals surface area contributed by atoms with Crippen molar-refractivity contribution in [3.05, 3.63) is 16.1 Å². The molecule has 2 heterocycles. The molecule has 0 bridgehead atoms. The molecule has 0 spiro atoms. The molecular formula is C17H28F3N5S. The van der Waals surface area contributed by atoms with E-state index in [4.69, 9.17) is 0 Å². The zero-order valence-corrected chi connectivity index (χ0v) is 16.2. The number of hydrogen-bond acceptors (Lipinski definition) is 4. The van der Waals surface area contributed by atoms with Crippen LogP contribution in [0.2, 0.25) is 0 Å². The lowest BCUT2D eigenvalue weighted by atomic mass is 9.93. The highest BCUT2D eigenvalue weighted by molar-refractivity contribution is 7.11. The largest absolute Gasteiger partial charge is 0.401 e. The Morgan fingerprint density at radius 3 is 2.65 bits per heavy atom. The number of piperidine rings is 1. The average molecular weight is 392 g/mol. The summed E-state index contributed by atoms with van der Waals surface area (Å²) in [7, 11) is 1.73. The van der Waals surface area contributed by atoms with Crippen molar-refractivity contribution in [3.63, 3.8) is 0 Å². The van der Waals surface area contributed by atoms with Gasteiger partial charge in [0.15, 0.2) is 5.96 Å². The zero-order valence-electron chi connectivity index (χ0n) is 15.4. The van der Waals surface area contributed by atoms with E-state index in [9.17, 15) is 13.2 Å². The van der Waals surface area contributed by atoms with E-state index in [1.54, 1.807) is 18.4 Å². The topological polar surface area (TPSA) is 52.6 Å². The third-order valence-electron chi connectivity index (χ3n) is 4.54. The third-order valence-corrected chi connectivity index (χ3v) is 5.68. The van der Waals surface area contributed by atoms with Crippen LogP contribution in [0.1, 0.15) is 36.1 Å². The first-order chi connectivity index (χ1) is 12.4. The van der Waals surface area contributed by atoms with Gasteiger partial charge in [0, 0.05) is 24.7 Å². The minimum absolute atomic E-state index is 0.469. The van der Waals surface area contributed by atoms with Gasteiger partial charge in [-0.25, -0.2) is 4.98 Å². The highest BCUT2D eigenvalue weighted by Crippen LogP contribution is 2.23. The molecule has 0 aliphatic carbocycles. The molecule has 0 radical (unpaired) electrons. The molecule has 0 atom stereocenters. The molecule has 2 N–H and O–H groups in total. The van der Waals surface area contributed by atoms with E-state index in [0.29, 0.717) is 25.6 Å². The number of hydrogen-bond donors (Lipinski definition) is 2. The normalized spacial score (nSPS) is 17.5. The molecule has 148 valence electrons. The number of aryl methyl sites for hydroxylation is 1. The van der Waals surface area contributed by atoms with E-state index < -0.39 is 12.7 Å². The van der Waals surface area contributed by atoms with Gasteiger partial charge in [-0.15, -0.1) is 11.3 Å². The van der Waals surface area contributed by atoms with Gasteiger partial charge in [0.1, 0.15) is 5.01 Å². The Morgan fingerprint density at radius 1 is 1.35 bits per heavy atom. The highest BCUT2D eigenvalue weighted by Gasteiger charge is 2.32. The van der Waals surface area contributed by atoms with Crippen molar-refractivity contribution in [1.82, 2.24) is 20.5 Å². The first kappa shape index (κ1) is 21.0. The molecule has 0 amide bonds. The lowest BCUT2D eigenvalue weighted by Crippen LogP contribution is -2.41. The number of halogens is 3. The van der Waals surface area contributed by atoms with Crippen LogP contribution < -0.4 is 10.6 Å². The molecule has 0 unspecified atom stereocenters. The molecule has 0 aromatic carbocycles. The van der Waals surface area contributed by atoms with Crippen LogP contribution in [-0.2, 0) is 13.0 Å². The van der Waals surface area contributed by atoms with Gasteiger partial charge in [-0.05, 0) is 44.7 Å². The number of aromatic nitrogens is 1. The maximum absolute atomic E-state index is 12.4. The third kappa shape index (κ3) is 7.49. The summed E-state index contributed by atoms with van der Waals surface area (Å²) in [4.78, 5) is 11.3. The van der Waals surface area contributed by atoms with Gasteiger partial charge >= 0.3 is 6.18 Å². The molecule has 1 saturated heterocycles. The Bertz CT molecular complexity index is 565. The fraction of sp³-hybridized carbons (Fsp3) is 0.765. The van der Waals surface area contributed by atoms with Crippen molar-refractivity contribution < 1.29 is 13.2 Å². The minimum Gasteiger partial charge on any atom is -0.356 e. The molecule has 5 nitrogen and oxygen atoms in total. The van der Waals surface area contributed by atoms with Crippen LogP contribution in [-0.4, -0.2) is 55.2 Å². The molecule has 9 heteroatoms. The van der Waals surface area contributed by atoms with E-state index in [0.717, 1.165) is 43.2 Å². The molecule has 0 saturated carbocycles. The van der Waals surface area contributed by atoms with Crippen LogP contribution in [0.25, 0.3) is 0 Å².